The molecule has 1 saturated heterocycles. The first-order valence-electron chi connectivity index (χ1n) is 6.53. The highest BCUT2D eigenvalue weighted by Gasteiger charge is 2.32. The molecule has 1 aliphatic rings. The number of nitrogens with zero attached hydrogens (tertiary/aromatic N) is 2. The lowest BCUT2D eigenvalue weighted by atomic mass is 10.0. The van der Waals surface area contributed by atoms with Crippen molar-refractivity contribution in [3.63, 3.8) is 0 Å². The number of nitrogen functional groups attached to an aromatic ring is 1. The summed E-state index contributed by atoms with van der Waals surface area (Å²) < 4.78 is 0. The summed E-state index contributed by atoms with van der Waals surface area (Å²) in [4.78, 5) is 18.7. The Morgan fingerprint density at radius 3 is 2.94 bits per heavy atom. The fraction of sp³-hybridized carbons (Fsp3) is 0.571. The first-order chi connectivity index (χ1) is 8.50. The van der Waals surface area contributed by atoms with Crippen LogP contribution >= 0.6 is 0 Å². The standard InChI is InChI=1S/C14H21N3O/c1-9(2)13-5-4-6-17(13)14(18)12-7-11(15)8-16-10(12)3/h7-9,13H,4-6,15H2,1-3H3. The normalized spacial score (nSPS) is 19.6. The number of hydrogen-bond acceptors (Lipinski definition) is 3. The number of amides is 1. The van der Waals surface area contributed by atoms with Crippen molar-refractivity contribution in [3.05, 3.63) is 23.5 Å². The van der Waals surface area contributed by atoms with E-state index in [0.29, 0.717) is 23.2 Å². The van der Waals surface area contributed by atoms with E-state index in [1.165, 1.54) is 0 Å². The summed E-state index contributed by atoms with van der Waals surface area (Å²) in [6.07, 6.45) is 3.78. The van der Waals surface area contributed by atoms with Crippen molar-refractivity contribution in [2.75, 3.05) is 12.3 Å². The van der Waals surface area contributed by atoms with Crippen molar-refractivity contribution >= 4 is 11.6 Å². The number of carbonyl (C=O) groups excluding carboxylic acids is 1. The van der Waals surface area contributed by atoms with Gasteiger partial charge in [-0.3, -0.25) is 9.78 Å². The van der Waals surface area contributed by atoms with Crippen LogP contribution in [0.15, 0.2) is 12.3 Å². The molecule has 0 bridgehead atoms. The monoisotopic (exact) mass is 247 g/mol. The van der Waals surface area contributed by atoms with E-state index in [2.05, 4.69) is 18.8 Å². The van der Waals surface area contributed by atoms with Gasteiger partial charge in [0.25, 0.3) is 5.91 Å². The minimum absolute atomic E-state index is 0.0727. The zero-order chi connectivity index (χ0) is 13.3. The molecule has 98 valence electrons. The van der Waals surface area contributed by atoms with E-state index >= 15 is 0 Å². The van der Waals surface area contributed by atoms with Gasteiger partial charge in [-0.25, -0.2) is 0 Å². The van der Waals surface area contributed by atoms with Crippen LogP contribution in [0.4, 0.5) is 5.69 Å². The Balaban J connectivity index is 2.28. The van der Waals surface area contributed by atoms with Crippen LogP contribution in [-0.2, 0) is 0 Å². The zero-order valence-corrected chi connectivity index (χ0v) is 11.3. The number of carbonyl (C=O) groups is 1. The molecule has 1 fully saturated rings. The van der Waals surface area contributed by atoms with Gasteiger partial charge in [0.1, 0.15) is 0 Å². The third kappa shape index (κ3) is 2.33. The molecule has 2 rings (SSSR count). The summed E-state index contributed by atoms with van der Waals surface area (Å²) in [5.41, 5.74) is 7.67. The molecule has 4 heteroatoms. The minimum atomic E-state index is 0.0727. The van der Waals surface area contributed by atoms with Crippen LogP contribution in [0.25, 0.3) is 0 Å². The summed E-state index contributed by atoms with van der Waals surface area (Å²) in [6.45, 7) is 7.03. The molecule has 0 radical (unpaired) electrons. The Labute approximate surface area is 108 Å². The second-order valence-electron chi connectivity index (χ2n) is 5.35. The van der Waals surface area contributed by atoms with Gasteiger partial charge in [-0.1, -0.05) is 13.8 Å². The summed E-state index contributed by atoms with van der Waals surface area (Å²) in [5, 5.41) is 0. The minimum Gasteiger partial charge on any atom is -0.397 e. The van der Waals surface area contributed by atoms with Gasteiger partial charge in [0.05, 0.1) is 23.1 Å². The molecule has 1 aliphatic heterocycles. The smallest absolute Gasteiger partial charge is 0.256 e. The van der Waals surface area contributed by atoms with Crippen molar-refractivity contribution in [1.82, 2.24) is 9.88 Å². The van der Waals surface area contributed by atoms with Crippen LogP contribution in [-0.4, -0.2) is 28.4 Å². The van der Waals surface area contributed by atoms with Gasteiger partial charge in [0.15, 0.2) is 0 Å². The molecule has 4 nitrogen and oxygen atoms in total. The van der Waals surface area contributed by atoms with Crippen molar-refractivity contribution < 1.29 is 4.79 Å². The third-order valence-corrected chi connectivity index (χ3v) is 3.67. The Kier molecular flexibility index (Phi) is 3.55. The van der Waals surface area contributed by atoms with E-state index in [9.17, 15) is 4.79 Å². The molecule has 18 heavy (non-hydrogen) atoms. The predicted octanol–water partition coefficient (Wildman–Crippen LogP) is 2.23. The van der Waals surface area contributed by atoms with Crippen LogP contribution in [0.2, 0.25) is 0 Å². The number of pyridine rings is 1. The lowest BCUT2D eigenvalue weighted by Crippen LogP contribution is -2.38. The number of aromatic nitrogens is 1. The lowest BCUT2D eigenvalue weighted by Gasteiger charge is -2.28. The summed E-state index contributed by atoms with van der Waals surface area (Å²) >= 11 is 0. The third-order valence-electron chi connectivity index (χ3n) is 3.67. The molecular formula is C14H21N3O. The Bertz CT molecular complexity index is 456. The van der Waals surface area contributed by atoms with Gasteiger partial charge in [-0.2, -0.15) is 0 Å². The number of likely N-dealkylation sites (tertiary alicyclic amines) is 1. The molecule has 0 aromatic carbocycles. The highest BCUT2D eigenvalue weighted by molar-refractivity contribution is 5.96. The molecule has 1 aromatic rings. The second kappa shape index (κ2) is 4.96. The molecule has 1 atom stereocenters. The molecule has 0 aliphatic carbocycles. The summed E-state index contributed by atoms with van der Waals surface area (Å²) in [6, 6.07) is 2.08. The maximum absolute atomic E-state index is 12.6. The number of nitrogens with two attached hydrogens (primary N) is 1. The van der Waals surface area contributed by atoms with Crippen LogP contribution in [0.1, 0.15) is 42.7 Å². The number of hydrogen-bond donors (Lipinski definition) is 1. The first kappa shape index (κ1) is 12.9. The number of anilines is 1. The average Bonchev–Trinajstić information content (AvgIpc) is 2.80. The van der Waals surface area contributed by atoms with Gasteiger partial charge in [0.2, 0.25) is 0 Å². The van der Waals surface area contributed by atoms with Gasteiger partial charge < -0.3 is 10.6 Å². The molecule has 2 N–H and O–H groups in total. The molecule has 1 unspecified atom stereocenters. The van der Waals surface area contributed by atoms with E-state index in [0.717, 1.165) is 25.1 Å². The highest BCUT2D eigenvalue weighted by Crippen LogP contribution is 2.26. The molecule has 1 amide bonds. The molecular weight excluding hydrogens is 226 g/mol. The highest BCUT2D eigenvalue weighted by atomic mass is 16.2. The molecule has 1 aromatic heterocycles. The van der Waals surface area contributed by atoms with Gasteiger partial charge in [-0.05, 0) is 31.7 Å². The Morgan fingerprint density at radius 2 is 2.28 bits per heavy atom. The second-order valence-corrected chi connectivity index (χ2v) is 5.35. The molecule has 0 spiro atoms. The molecule has 2 heterocycles. The van der Waals surface area contributed by atoms with E-state index in [1.807, 2.05) is 11.8 Å². The topological polar surface area (TPSA) is 59.2 Å². The van der Waals surface area contributed by atoms with Gasteiger partial charge in [-0.15, -0.1) is 0 Å². The SMILES string of the molecule is Cc1ncc(N)cc1C(=O)N1CCCC1C(C)C. The lowest BCUT2D eigenvalue weighted by molar-refractivity contribution is 0.0700. The van der Waals surface area contributed by atoms with Crippen LogP contribution in [0.3, 0.4) is 0 Å². The fourth-order valence-electron chi connectivity index (χ4n) is 2.66. The van der Waals surface area contributed by atoms with E-state index in [1.54, 1.807) is 12.3 Å². The van der Waals surface area contributed by atoms with Crippen molar-refractivity contribution in [3.8, 4) is 0 Å². The van der Waals surface area contributed by atoms with Crippen LogP contribution in [0.5, 0.6) is 0 Å². The largest absolute Gasteiger partial charge is 0.397 e. The van der Waals surface area contributed by atoms with Gasteiger partial charge >= 0.3 is 0 Å². The average molecular weight is 247 g/mol. The summed E-state index contributed by atoms with van der Waals surface area (Å²) in [7, 11) is 0. The van der Waals surface area contributed by atoms with Crippen LogP contribution < -0.4 is 5.73 Å². The van der Waals surface area contributed by atoms with Crippen molar-refractivity contribution in [1.29, 1.82) is 0 Å². The Morgan fingerprint density at radius 1 is 1.56 bits per heavy atom. The molecule has 0 saturated carbocycles. The van der Waals surface area contributed by atoms with Crippen molar-refractivity contribution in [2.24, 2.45) is 5.92 Å². The predicted molar refractivity (Wildman–Crippen MR) is 72.3 cm³/mol. The van der Waals surface area contributed by atoms with E-state index in [4.69, 9.17) is 5.73 Å². The zero-order valence-electron chi connectivity index (χ0n) is 11.3. The quantitative estimate of drug-likeness (QED) is 0.871. The first-order valence-corrected chi connectivity index (χ1v) is 6.53. The van der Waals surface area contributed by atoms with E-state index in [-0.39, 0.29) is 5.91 Å². The number of rotatable bonds is 2. The maximum atomic E-state index is 12.6. The van der Waals surface area contributed by atoms with Crippen molar-refractivity contribution in [2.45, 2.75) is 39.7 Å². The van der Waals surface area contributed by atoms with E-state index < -0.39 is 0 Å². The number of aryl methyl sites for hydroxylation is 1. The summed E-state index contributed by atoms with van der Waals surface area (Å²) in [5.74, 6) is 0.564. The van der Waals surface area contributed by atoms with Crippen LogP contribution in [0, 0.1) is 12.8 Å². The van der Waals surface area contributed by atoms with Gasteiger partial charge in [0, 0.05) is 12.6 Å². The fourth-order valence-corrected chi connectivity index (χ4v) is 2.66. The Hall–Kier alpha value is -1.58. The maximum Gasteiger partial charge on any atom is 0.256 e.